The Morgan fingerprint density at radius 3 is 2.15 bits per heavy atom. The van der Waals surface area contributed by atoms with Gasteiger partial charge in [0, 0.05) is 6.54 Å². The number of carbonyl (C=O) groups is 2. The number of ketones is 1. The minimum Gasteiger partial charge on any atom is -0.507 e. The molecule has 0 radical (unpaired) electrons. The van der Waals surface area contributed by atoms with Gasteiger partial charge in [-0.1, -0.05) is 47.5 Å². The summed E-state index contributed by atoms with van der Waals surface area (Å²) < 4.78 is 21.3. The molecule has 1 aliphatic rings. The van der Waals surface area contributed by atoms with Gasteiger partial charge < -0.3 is 29.0 Å². The van der Waals surface area contributed by atoms with Crippen LogP contribution in [0, 0.1) is 0 Å². The Morgan fingerprint density at radius 2 is 1.54 bits per heavy atom. The molecular formula is C29H27Cl2NO7. The van der Waals surface area contributed by atoms with Crippen LogP contribution in [0.5, 0.6) is 23.0 Å². The fourth-order valence-corrected chi connectivity index (χ4v) is 5.29. The number of nitrogens with zero attached hydrogens (tertiary/aromatic N) is 1. The Hall–Kier alpha value is -3.88. The van der Waals surface area contributed by atoms with E-state index in [4.69, 9.17) is 42.1 Å². The second-order valence-corrected chi connectivity index (χ2v) is 9.44. The lowest BCUT2D eigenvalue weighted by molar-refractivity contribution is -0.139. The average molecular weight is 572 g/mol. The lowest BCUT2D eigenvalue weighted by atomic mass is 9.94. The third kappa shape index (κ3) is 5.35. The summed E-state index contributed by atoms with van der Waals surface area (Å²) in [6, 6.07) is 14.9. The number of rotatable bonds is 9. The van der Waals surface area contributed by atoms with Gasteiger partial charge in [-0.25, -0.2) is 0 Å². The largest absolute Gasteiger partial charge is 0.507 e. The zero-order valence-electron chi connectivity index (χ0n) is 21.8. The van der Waals surface area contributed by atoms with Crippen LogP contribution < -0.4 is 18.9 Å². The van der Waals surface area contributed by atoms with Gasteiger partial charge in [0.1, 0.15) is 22.3 Å². The van der Waals surface area contributed by atoms with E-state index in [0.29, 0.717) is 23.5 Å². The Balaban J connectivity index is 1.86. The van der Waals surface area contributed by atoms with E-state index in [0.717, 1.165) is 5.56 Å². The molecule has 3 aromatic rings. The Kier molecular flexibility index (Phi) is 8.57. The number of carbonyl (C=O) groups excluding carboxylic acids is 2. The monoisotopic (exact) mass is 571 g/mol. The molecule has 3 aromatic carbocycles. The van der Waals surface area contributed by atoms with Crippen molar-refractivity contribution in [2.45, 2.75) is 12.5 Å². The molecule has 1 aliphatic heterocycles. The van der Waals surface area contributed by atoms with Crippen molar-refractivity contribution < 1.29 is 33.6 Å². The lowest BCUT2D eigenvalue weighted by Crippen LogP contribution is -2.31. The van der Waals surface area contributed by atoms with Gasteiger partial charge in [-0.2, -0.15) is 0 Å². The molecule has 0 aliphatic carbocycles. The van der Waals surface area contributed by atoms with Crippen LogP contribution in [0.25, 0.3) is 5.76 Å². The van der Waals surface area contributed by atoms with Crippen LogP contribution in [-0.2, 0) is 16.0 Å². The number of hydrogen-bond donors (Lipinski definition) is 1. The number of aliphatic hydroxyl groups is 1. The molecule has 1 atom stereocenters. The molecule has 0 aromatic heterocycles. The summed E-state index contributed by atoms with van der Waals surface area (Å²) in [6.07, 6.45) is 0.459. The summed E-state index contributed by atoms with van der Waals surface area (Å²) in [5.41, 5.74) is 1.44. The number of benzene rings is 3. The highest BCUT2D eigenvalue weighted by Gasteiger charge is 2.46. The smallest absolute Gasteiger partial charge is 0.295 e. The molecule has 1 N–H and O–H groups in total. The van der Waals surface area contributed by atoms with Crippen molar-refractivity contribution in [1.82, 2.24) is 4.90 Å². The maximum atomic E-state index is 13.5. The van der Waals surface area contributed by atoms with Crippen LogP contribution in [0.4, 0.5) is 0 Å². The average Bonchev–Trinajstić information content (AvgIpc) is 3.21. The number of Topliss-reactive ketones (excluding diaryl/α,β-unsaturated/α-hetero) is 1. The van der Waals surface area contributed by atoms with Crippen LogP contribution in [-0.4, -0.2) is 56.7 Å². The summed E-state index contributed by atoms with van der Waals surface area (Å²) in [4.78, 5) is 28.3. The van der Waals surface area contributed by atoms with E-state index in [1.54, 1.807) is 31.4 Å². The molecule has 204 valence electrons. The number of likely N-dealkylation sites (tertiary alicyclic amines) is 1. The molecule has 4 rings (SSSR count). The van der Waals surface area contributed by atoms with E-state index in [1.807, 2.05) is 24.3 Å². The molecule has 0 bridgehead atoms. The minimum absolute atomic E-state index is 0.0146. The first-order chi connectivity index (χ1) is 18.7. The van der Waals surface area contributed by atoms with Gasteiger partial charge in [-0.05, 0) is 47.9 Å². The SMILES string of the molecule is COc1ccc(CCN2C(=O)C(=O)/C(=C(/O)c3cc(Cl)c(OC)c(Cl)c3OC)C2c2cccc(OC)c2)cc1. The zero-order valence-corrected chi connectivity index (χ0v) is 23.3. The van der Waals surface area contributed by atoms with Gasteiger partial charge in [0.25, 0.3) is 11.7 Å². The highest BCUT2D eigenvalue weighted by molar-refractivity contribution is 6.47. The van der Waals surface area contributed by atoms with E-state index < -0.39 is 23.5 Å². The Bertz CT molecular complexity index is 1440. The summed E-state index contributed by atoms with van der Waals surface area (Å²) in [6.45, 7) is 0.205. The summed E-state index contributed by atoms with van der Waals surface area (Å²) >= 11 is 12.8. The molecular weight excluding hydrogens is 545 g/mol. The van der Waals surface area contributed by atoms with Crippen LogP contribution in [0.15, 0.2) is 60.2 Å². The molecule has 1 amide bonds. The number of methoxy groups -OCH3 is 4. The molecule has 0 spiro atoms. The van der Waals surface area contributed by atoms with Crippen LogP contribution >= 0.6 is 23.2 Å². The van der Waals surface area contributed by atoms with Gasteiger partial charge in [0.2, 0.25) is 0 Å². The van der Waals surface area contributed by atoms with Gasteiger partial charge >= 0.3 is 0 Å². The van der Waals surface area contributed by atoms with Crippen LogP contribution in [0.3, 0.4) is 0 Å². The molecule has 39 heavy (non-hydrogen) atoms. The highest BCUT2D eigenvalue weighted by atomic mass is 35.5. The van der Waals surface area contributed by atoms with Gasteiger partial charge in [0.15, 0.2) is 11.5 Å². The summed E-state index contributed by atoms with van der Waals surface area (Å²) in [7, 11) is 5.86. The number of aliphatic hydroxyl groups excluding tert-OH is 1. The summed E-state index contributed by atoms with van der Waals surface area (Å²) in [5, 5.41) is 11.7. The number of halogens is 2. The first-order valence-corrected chi connectivity index (χ1v) is 12.7. The van der Waals surface area contributed by atoms with Crippen molar-refractivity contribution in [1.29, 1.82) is 0 Å². The third-order valence-electron chi connectivity index (χ3n) is 6.54. The number of amides is 1. The maximum absolute atomic E-state index is 13.5. The van der Waals surface area contributed by atoms with E-state index in [2.05, 4.69) is 0 Å². The Labute approximate surface area is 236 Å². The van der Waals surface area contributed by atoms with Crippen LogP contribution in [0.1, 0.15) is 22.7 Å². The predicted molar refractivity (Wildman–Crippen MR) is 148 cm³/mol. The normalized spacial score (nSPS) is 16.4. The first kappa shape index (κ1) is 28.1. The molecule has 1 heterocycles. The van der Waals surface area contributed by atoms with Gasteiger partial charge in [-0.3, -0.25) is 9.59 Å². The van der Waals surface area contributed by atoms with Crippen LogP contribution in [0.2, 0.25) is 10.0 Å². The van der Waals surface area contributed by atoms with E-state index >= 15 is 0 Å². The van der Waals surface area contributed by atoms with Gasteiger partial charge in [-0.15, -0.1) is 0 Å². The third-order valence-corrected chi connectivity index (χ3v) is 7.17. The standard InChI is InChI=1S/C29H27Cl2NO7/c1-36-18-10-8-16(9-11-18)12-13-32-24(17-6-5-7-19(14-17)37-2)22(26(34)29(32)35)25(33)20-15-21(30)28(39-4)23(31)27(20)38-3/h5-11,14-15,24,33H,12-13H2,1-4H3/b25-22+. The lowest BCUT2D eigenvalue weighted by Gasteiger charge is -2.26. The van der Waals surface area contributed by atoms with Crippen molar-refractivity contribution >= 4 is 40.7 Å². The van der Waals surface area contributed by atoms with Crippen molar-refractivity contribution in [3.63, 3.8) is 0 Å². The molecule has 0 saturated carbocycles. The summed E-state index contributed by atoms with van der Waals surface area (Å²) in [5.74, 6) is -0.637. The van der Waals surface area contributed by atoms with Gasteiger partial charge in [0.05, 0.1) is 50.6 Å². The number of hydrogen-bond acceptors (Lipinski definition) is 7. The molecule has 1 fully saturated rings. The fourth-order valence-electron chi connectivity index (χ4n) is 4.60. The Morgan fingerprint density at radius 1 is 0.872 bits per heavy atom. The van der Waals surface area contributed by atoms with E-state index in [1.165, 1.54) is 32.3 Å². The fraction of sp³-hybridized carbons (Fsp3) is 0.241. The molecule has 8 nitrogen and oxygen atoms in total. The zero-order chi connectivity index (χ0) is 28.3. The van der Waals surface area contributed by atoms with Crippen molar-refractivity contribution in [3.8, 4) is 23.0 Å². The highest BCUT2D eigenvalue weighted by Crippen LogP contribution is 2.47. The quantitative estimate of drug-likeness (QED) is 0.200. The van der Waals surface area contributed by atoms with E-state index in [-0.39, 0.29) is 39.2 Å². The van der Waals surface area contributed by atoms with Crippen molar-refractivity contribution in [2.75, 3.05) is 35.0 Å². The first-order valence-electron chi connectivity index (χ1n) is 11.9. The molecule has 10 heteroatoms. The second-order valence-electron chi connectivity index (χ2n) is 8.65. The van der Waals surface area contributed by atoms with Crippen molar-refractivity contribution in [2.24, 2.45) is 0 Å². The molecule has 1 unspecified atom stereocenters. The number of ether oxygens (including phenoxy) is 4. The maximum Gasteiger partial charge on any atom is 0.295 e. The second kappa shape index (κ2) is 11.9. The predicted octanol–water partition coefficient (Wildman–Crippen LogP) is 5.69. The van der Waals surface area contributed by atoms with E-state index in [9.17, 15) is 14.7 Å². The van der Waals surface area contributed by atoms with Crippen molar-refractivity contribution in [3.05, 3.63) is 86.9 Å². The minimum atomic E-state index is -0.914. The topological polar surface area (TPSA) is 94.5 Å². The molecule has 1 saturated heterocycles.